The molecule has 8 N–H and O–H groups in total. The van der Waals surface area contributed by atoms with E-state index in [0.29, 0.717) is 4.88 Å². The zero-order chi connectivity index (χ0) is 34.3. The van der Waals surface area contributed by atoms with Crippen LogP contribution >= 0.6 is 27.0 Å². The van der Waals surface area contributed by atoms with Crippen LogP contribution in [0.3, 0.4) is 0 Å². The van der Waals surface area contributed by atoms with Crippen LogP contribution in [0.15, 0.2) is 22.8 Å². The molecule has 0 aromatic carbocycles. The molecule has 0 amide bonds. The highest BCUT2D eigenvalue weighted by molar-refractivity contribution is 7.47. The van der Waals surface area contributed by atoms with Gasteiger partial charge >= 0.3 is 15.6 Å². The zero-order valence-corrected chi connectivity index (χ0v) is 28.1. The highest BCUT2D eigenvalue weighted by atomic mass is 32.1. The van der Waals surface area contributed by atoms with E-state index in [-0.39, 0.29) is 33.8 Å². The van der Waals surface area contributed by atoms with Crippen LogP contribution in [0.25, 0.3) is 22.1 Å². The van der Waals surface area contributed by atoms with Gasteiger partial charge in [-0.25, -0.2) is 29.1 Å². The molecule has 7 rings (SSSR count). The Hall–Kier alpha value is -2.91. The van der Waals surface area contributed by atoms with Crippen LogP contribution in [0.5, 0.6) is 0 Å². The van der Waals surface area contributed by atoms with E-state index in [0.717, 1.165) is 11.3 Å². The summed E-state index contributed by atoms with van der Waals surface area (Å²) in [5.74, 6) is -0.747. The third-order valence-corrected chi connectivity index (χ3v) is 12.3. The minimum absolute atomic E-state index is 0.102. The molecule has 4 aromatic heterocycles. The Kier molecular flexibility index (Phi) is 8.30. The van der Waals surface area contributed by atoms with E-state index in [1.165, 1.54) is 29.7 Å². The average molecular weight is 731 g/mol. The Labute approximate surface area is 274 Å². The molecule has 11 unspecified atom stereocenters. The molecule has 6 heterocycles. The number of methoxy groups -OCH3 is 1. The molecule has 4 aromatic rings. The Balaban J connectivity index is 1.27. The van der Waals surface area contributed by atoms with Crippen molar-refractivity contribution in [2.24, 2.45) is 11.3 Å². The van der Waals surface area contributed by atoms with Crippen LogP contribution in [-0.2, 0) is 36.7 Å². The molecular weight excluding hydrogens is 698 g/mol. The molecule has 0 radical (unpaired) electrons. The van der Waals surface area contributed by atoms with Crippen molar-refractivity contribution in [3.05, 3.63) is 33.3 Å². The van der Waals surface area contributed by atoms with E-state index < -0.39 is 88.4 Å². The highest BCUT2D eigenvalue weighted by Gasteiger charge is 2.61. The van der Waals surface area contributed by atoms with Gasteiger partial charge in [0.15, 0.2) is 11.5 Å². The van der Waals surface area contributed by atoms with Crippen LogP contribution < -0.4 is 17.0 Å². The molecule has 0 spiro atoms. The van der Waals surface area contributed by atoms with Crippen LogP contribution in [0.1, 0.15) is 30.9 Å². The SMILES string of the molecule is COC1C2COP(=O)(O)OC3C(O)C(n4cnc5c(N)ncnc54)C(C)C3(C)COP(=O)(O)OC1C(c1scc3c(=O)[nH]c(N)nc13)O2. The maximum atomic E-state index is 13.7. The van der Waals surface area contributed by atoms with Gasteiger partial charge < -0.3 is 40.4 Å². The van der Waals surface area contributed by atoms with Crippen LogP contribution in [0, 0.1) is 11.3 Å². The lowest BCUT2D eigenvalue weighted by Gasteiger charge is -2.36. The van der Waals surface area contributed by atoms with E-state index in [2.05, 4.69) is 24.9 Å². The minimum atomic E-state index is -5.00. The Bertz CT molecular complexity index is 2040. The number of aliphatic hydroxyl groups is 1. The van der Waals surface area contributed by atoms with Gasteiger partial charge in [0.25, 0.3) is 5.56 Å². The number of phosphoric ester groups is 2. The smallest absolute Gasteiger partial charge is 0.388 e. The summed E-state index contributed by atoms with van der Waals surface area (Å²) in [6.07, 6.45) is -5.24. The molecule has 260 valence electrons. The number of fused-ring (bicyclic) bond motifs is 5. The number of nitrogens with zero attached hydrogens (tertiary/aromatic N) is 5. The van der Waals surface area contributed by atoms with E-state index >= 15 is 0 Å². The third-order valence-electron chi connectivity index (χ3n) is 9.36. The van der Waals surface area contributed by atoms with Crippen LogP contribution in [-0.4, -0.2) is 95.2 Å². The molecule has 1 saturated carbocycles. The van der Waals surface area contributed by atoms with Gasteiger partial charge in [-0.05, 0) is 5.92 Å². The molecule has 23 heteroatoms. The number of aliphatic hydroxyl groups excluding tert-OH is 1. The first kappa shape index (κ1) is 33.6. The van der Waals surface area contributed by atoms with Crippen molar-refractivity contribution in [2.75, 3.05) is 31.8 Å². The van der Waals surface area contributed by atoms with Crippen molar-refractivity contribution >= 4 is 60.8 Å². The minimum Gasteiger partial charge on any atom is -0.388 e. The number of hydrogen-bond donors (Lipinski definition) is 6. The number of nitrogens with two attached hydrogens (primary N) is 2. The summed E-state index contributed by atoms with van der Waals surface area (Å²) in [4.78, 5) is 54.0. The Morgan fingerprint density at radius 3 is 2.65 bits per heavy atom. The fourth-order valence-electron chi connectivity index (χ4n) is 6.80. The highest BCUT2D eigenvalue weighted by Crippen LogP contribution is 2.60. The molecule has 3 aliphatic rings. The van der Waals surface area contributed by atoms with Crippen molar-refractivity contribution in [1.29, 1.82) is 0 Å². The number of anilines is 2. The van der Waals surface area contributed by atoms with Gasteiger partial charge in [0, 0.05) is 17.9 Å². The van der Waals surface area contributed by atoms with Gasteiger partial charge in [-0.15, -0.1) is 11.3 Å². The maximum absolute atomic E-state index is 13.7. The molecule has 48 heavy (non-hydrogen) atoms. The lowest BCUT2D eigenvalue weighted by Crippen LogP contribution is -2.41. The first-order valence-corrected chi connectivity index (χ1v) is 18.4. The summed E-state index contributed by atoms with van der Waals surface area (Å²) in [5, 5.41) is 13.4. The summed E-state index contributed by atoms with van der Waals surface area (Å²) in [5.41, 5.74) is 10.5. The molecule has 3 fully saturated rings. The molecule has 2 bridgehead atoms. The van der Waals surface area contributed by atoms with Gasteiger partial charge in [0.1, 0.15) is 48.5 Å². The fourth-order valence-corrected chi connectivity index (χ4v) is 9.94. The first-order valence-electron chi connectivity index (χ1n) is 14.5. The van der Waals surface area contributed by atoms with E-state index in [1.807, 2.05) is 0 Å². The zero-order valence-electron chi connectivity index (χ0n) is 25.5. The van der Waals surface area contributed by atoms with E-state index in [4.69, 9.17) is 39.0 Å². The summed E-state index contributed by atoms with van der Waals surface area (Å²) >= 11 is 1.06. The Morgan fingerprint density at radius 1 is 1.15 bits per heavy atom. The quantitative estimate of drug-likeness (QED) is 0.160. The molecule has 2 saturated heterocycles. The number of nitrogens with one attached hydrogen (secondary N) is 1. The number of thiophene rings is 1. The number of aromatic nitrogens is 6. The van der Waals surface area contributed by atoms with Crippen LogP contribution in [0.2, 0.25) is 0 Å². The molecular formula is C25H32N8O12P2S. The number of H-pyrrole nitrogens is 1. The number of rotatable bonds is 3. The molecule has 11 atom stereocenters. The predicted octanol–water partition coefficient (Wildman–Crippen LogP) is 1.02. The second kappa shape index (κ2) is 11.9. The standard InChI is InChI=1S/C25H32N8O12P2S/c1-9-14(33-8-30-13-21(26)28-7-29-22(13)33)15(34)20-25(9,2)6-42-47(38,39)44-17-16(40-3)11(4-41-46(36,37)45-20)43-18(17)19-12-10(5-48-19)23(35)32-24(27)31-12/h5,7-9,11,14-18,20,34H,4,6H2,1-3H3,(H,36,37)(H,38,39)(H2,26,28,29)(H3,27,31,32,35). The van der Waals surface area contributed by atoms with E-state index in [9.17, 15) is 28.8 Å². The second-order valence-electron chi connectivity index (χ2n) is 12.1. The van der Waals surface area contributed by atoms with Crippen LogP contribution in [0.4, 0.5) is 11.8 Å². The number of nitrogen functional groups attached to an aromatic ring is 2. The van der Waals surface area contributed by atoms with Gasteiger partial charge in [-0.3, -0.25) is 27.9 Å². The number of hydrogen-bond acceptors (Lipinski definition) is 17. The lowest BCUT2D eigenvalue weighted by atomic mass is 9.79. The van der Waals surface area contributed by atoms with Gasteiger partial charge in [-0.2, -0.15) is 0 Å². The van der Waals surface area contributed by atoms with Gasteiger partial charge in [0.05, 0.1) is 41.4 Å². The number of imidazole rings is 1. The van der Waals surface area contributed by atoms with Crippen molar-refractivity contribution < 1.29 is 51.6 Å². The third kappa shape index (κ3) is 5.47. The van der Waals surface area contributed by atoms with Crippen molar-refractivity contribution in [1.82, 2.24) is 29.5 Å². The van der Waals surface area contributed by atoms with Crippen molar-refractivity contribution in [2.45, 2.75) is 56.5 Å². The van der Waals surface area contributed by atoms with Crippen molar-refractivity contribution in [3.8, 4) is 0 Å². The molecule has 20 nitrogen and oxygen atoms in total. The van der Waals surface area contributed by atoms with E-state index in [1.54, 1.807) is 13.8 Å². The second-order valence-corrected chi connectivity index (χ2v) is 15.8. The average Bonchev–Trinajstić information content (AvgIpc) is 3.76. The lowest BCUT2D eigenvalue weighted by molar-refractivity contribution is -0.0631. The van der Waals surface area contributed by atoms with Gasteiger partial charge in [0.2, 0.25) is 5.95 Å². The summed E-state index contributed by atoms with van der Waals surface area (Å²) < 4.78 is 62.8. The number of phosphoric acid groups is 2. The molecule has 1 aliphatic carbocycles. The maximum Gasteiger partial charge on any atom is 0.472 e. The fraction of sp³-hybridized carbons (Fsp3) is 0.560. The van der Waals surface area contributed by atoms with Crippen molar-refractivity contribution in [3.63, 3.8) is 0 Å². The normalized spacial score (nSPS) is 39.2. The largest absolute Gasteiger partial charge is 0.472 e. The first-order chi connectivity index (χ1) is 22.6. The molecule has 2 aliphatic heterocycles. The summed E-state index contributed by atoms with van der Waals surface area (Å²) in [7, 11) is -8.70. The predicted molar refractivity (Wildman–Crippen MR) is 166 cm³/mol. The number of ether oxygens (including phenoxy) is 2. The summed E-state index contributed by atoms with van der Waals surface area (Å²) in [6.45, 7) is 2.06. The topological polar surface area (TPSA) is 292 Å². The summed E-state index contributed by atoms with van der Waals surface area (Å²) in [6, 6.07) is -0.897. The Morgan fingerprint density at radius 2 is 1.90 bits per heavy atom. The number of aromatic amines is 1. The van der Waals surface area contributed by atoms with Gasteiger partial charge in [-0.1, -0.05) is 13.8 Å². The monoisotopic (exact) mass is 730 g/mol.